The van der Waals surface area contributed by atoms with Gasteiger partial charge in [0.2, 0.25) is 5.95 Å². The maximum atomic E-state index is 5.73. The molecule has 5 nitrogen and oxygen atoms in total. The van der Waals surface area contributed by atoms with Crippen molar-refractivity contribution < 1.29 is 4.74 Å². The molecule has 114 valence electrons. The lowest BCUT2D eigenvalue weighted by atomic mass is 10.3. The van der Waals surface area contributed by atoms with E-state index in [-0.39, 0.29) is 0 Å². The molecule has 1 saturated heterocycles. The number of hydrogen-bond acceptors (Lipinski definition) is 5. The molecule has 5 heteroatoms. The van der Waals surface area contributed by atoms with E-state index in [1.165, 1.54) is 12.8 Å². The van der Waals surface area contributed by atoms with Gasteiger partial charge in [-0.05, 0) is 25.0 Å². The van der Waals surface area contributed by atoms with Crippen molar-refractivity contribution in [3.63, 3.8) is 0 Å². The Hall–Kier alpha value is -2.14. The van der Waals surface area contributed by atoms with E-state index >= 15 is 0 Å². The molecule has 1 aliphatic carbocycles. The van der Waals surface area contributed by atoms with Crippen LogP contribution < -0.4 is 9.64 Å². The predicted octanol–water partition coefficient (Wildman–Crippen LogP) is 2.55. The molecule has 1 aromatic heterocycles. The van der Waals surface area contributed by atoms with Gasteiger partial charge in [-0.1, -0.05) is 18.2 Å². The number of nitrogens with zero attached hydrogens (tertiary/aromatic N) is 4. The number of ether oxygens (including phenoxy) is 1. The third kappa shape index (κ3) is 3.04. The lowest BCUT2D eigenvalue weighted by Gasteiger charge is -2.34. The van der Waals surface area contributed by atoms with Crippen LogP contribution in [-0.4, -0.2) is 47.1 Å². The average Bonchev–Trinajstić information content (AvgIpc) is 3.42. The van der Waals surface area contributed by atoms with Gasteiger partial charge in [-0.2, -0.15) is 0 Å². The van der Waals surface area contributed by atoms with Crippen LogP contribution in [0.5, 0.6) is 11.5 Å². The molecule has 0 amide bonds. The lowest BCUT2D eigenvalue weighted by Crippen LogP contribution is -2.47. The van der Waals surface area contributed by atoms with Crippen LogP contribution in [-0.2, 0) is 0 Å². The normalized spacial score (nSPS) is 19.2. The van der Waals surface area contributed by atoms with Crippen molar-refractivity contribution in [1.29, 1.82) is 0 Å². The first-order valence-electron chi connectivity index (χ1n) is 7.92. The molecule has 4 rings (SSSR count). The third-order valence-electron chi connectivity index (χ3n) is 4.25. The van der Waals surface area contributed by atoms with Crippen LogP contribution in [0, 0.1) is 0 Å². The van der Waals surface area contributed by atoms with Crippen molar-refractivity contribution in [3.05, 3.63) is 42.7 Å². The standard InChI is InChI=1S/C17H20N4O/c1-2-4-15(5-3-1)22-16-12-18-17(19-13-16)21-10-8-20(9-11-21)14-6-7-14/h1-5,12-14H,6-11H2. The van der Waals surface area contributed by atoms with E-state index in [0.717, 1.165) is 43.9 Å². The molecule has 0 atom stereocenters. The second-order valence-corrected chi connectivity index (χ2v) is 5.89. The van der Waals surface area contributed by atoms with Gasteiger partial charge in [0.1, 0.15) is 5.75 Å². The van der Waals surface area contributed by atoms with Crippen molar-refractivity contribution in [2.24, 2.45) is 0 Å². The van der Waals surface area contributed by atoms with E-state index in [2.05, 4.69) is 19.8 Å². The summed E-state index contributed by atoms with van der Waals surface area (Å²) in [5.74, 6) is 2.28. The van der Waals surface area contributed by atoms with Crippen LogP contribution in [0.2, 0.25) is 0 Å². The smallest absolute Gasteiger partial charge is 0.225 e. The minimum Gasteiger partial charge on any atom is -0.454 e. The number of para-hydroxylation sites is 1. The highest BCUT2D eigenvalue weighted by Gasteiger charge is 2.31. The summed E-state index contributed by atoms with van der Waals surface area (Å²) >= 11 is 0. The van der Waals surface area contributed by atoms with Crippen LogP contribution in [0.4, 0.5) is 5.95 Å². The summed E-state index contributed by atoms with van der Waals surface area (Å²) in [7, 11) is 0. The first-order valence-corrected chi connectivity index (χ1v) is 7.92. The molecule has 0 radical (unpaired) electrons. The first-order chi connectivity index (χ1) is 10.9. The minimum absolute atomic E-state index is 0.673. The maximum absolute atomic E-state index is 5.73. The Labute approximate surface area is 130 Å². The first kappa shape index (κ1) is 13.5. The Morgan fingerprint density at radius 2 is 1.55 bits per heavy atom. The van der Waals surface area contributed by atoms with Gasteiger partial charge in [-0.25, -0.2) is 9.97 Å². The molecule has 22 heavy (non-hydrogen) atoms. The van der Waals surface area contributed by atoms with Crippen LogP contribution in [0.25, 0.3) is 0 Å². The van der Waals surface area contributed by atoms with Crippen molar-refractivity contribution >= 4 is 5.95 Å². The van der Waals surface area contributed by atoms with Gasteiger partial charge in [-0.15, -0.1) is 0 Å². The molecule has 0 unspecified atom stereocenters. The highest BCUT2D eigenvalue weighted by atomic mass is 16.5. The summed E-state index contributed by atoms with van der Waals surface area (Å²) in [5.41, 5.74) is 0. The highest BCUT2D eigenvalue weighted by molar-refractivity contribution is 5.34. The van der Waals surface area contributed by atoms with E-state index in [1.807, 2.05) is 30.3 Å². The third-order valence-corrected chi connectivity index (χ3v) is 4.25. The van der Waals surface area contributed by atoms with Crippen LogP contribution >= 0.6 is 0 Å². The molecule has 2 aliphatic rings. The van der Waals surface area contributed by atoms with Crippen molar-refractivity contribution in [1.82, 2.24) is 14.9 Å². The highest BCUT2D eigenvalue weighted by Crippen LogP contribution is 2.28. The van der Waals surface area contributed by atoms with E-state index in [4.69, 9.17) is 4.74 Å². The maximum Gasteiger partial charge on any atom is 0.225 e. The summed E-state index contributed by atoms with van der Waals surface area (Å²) in [6.07, 6.45) is 6.26. The number of anilines is 1. The molecule has 2 fully saturated rings. The zero-order chi connectivity index (χ0) is 14.8. The molecular formula is C17H20N4O. The summed E-state index contributed by atoms with van der Waals surface area (Å²) in [6.45, 7) is 4.26. The van der Waals surface area contributed by atoms with E-state index < -0.39 is 0 Å². The molecule has 0 N–H and O–H groups in total. The van der Waals surface area contributed by atoms with E-state index in [9.17, 15) is 0 Å². The summed E-state index contributed by atoms with van der Waals surface area (Å²) in [5, 5.41) is 0. The fraction of sp³-hybridized carbons (Fsp3) is 0.412. The van der Waals surface area contributed by atoms with Crippen molar-refractivity contribution in [2.75, 3.05) is 31.1 Å². The Kier molecular flexibility index (Phi) is 3.64. The van der Waals surface area contributed by atoms with Gasteiger partial charge in [0.05, 0.1) is 12.4 Å². The molecular weight excluding hydrogens is 276 g/mol. The Morgan fingerprint density at radius 3 is 2.18 bits per heavy atom. The molecule has 1 saturated carbocycles. The quantitative estimate of drug-likeness (QED) is 0.867. The topological polar surface area (TPSA) is 41.5 Å². The minimum atomic E-state index is 0.673. The van der Waals surface area contributed by atoms with Crippen molar-refractivity contribution in [2.45, 2.75) is 18.9 Å². The predicted molar refractivity (Wildman–Crippen MR) is 85.4 cm³/mol. The monoisotopic (exact) mass is 296 g/mol. The summed E-state index contributed by atoms with van der Waals surface area (Å²) in [6, 6.07) is 10.6. The molecule has 2 aromatic rings. The second kappa shape index (κ2) is 5.93. The fourth-order valence-corrected chi connectivity index (χ4v) is 2.88. The Balaban J connectivity index is 1.37. The van der Waals surface area contributed by atoms with Crippen LogP contribution in [0.3, 0.4) is 0 Å². The Bertz CT molecular complexity index is 604. The zero-order valence-corrected chi connectivity index (χ0v) is 12.6. The molecule has 2 heterocycles. The molecule has 0 bridgehead atoms. The van der Waals surface area contributed by atoms with Crippen LogP contribution in [0.1, 0.15) is 12.8 Å². The van der Waals surface area contributed by atoms with Gasteiger partial charge < -0.3 is 9.64 Å². The van der Waals surface area contributed by atoms with E-state index in [1.54, 1.807) is 12.4 Å². The largest absolute Gasteiger partial charge is 0.454 e. The van der Waals surface area contributed by atoms with Gasteiger partial charge in [0.25, 0.3) is 0 Å². The molecule has 0 spiro atoms. The lowest BCUT2D eigenvalue weighted by molar-refractivity contribution is 0.247. The molecule has 1 aromatic carbocycles. The van der Waals surface area contributed by atoms with Gasteiger partial charge in [-0.3, -0.25) is 4.90 Å². The number of hydrogen-bond donors (Lipinski definition) is 0. The van der Waals surface area contributed by atoms with E-state index in [0.29, 0.717) is 5.75 Å². The number of rotatable bonds is 4. The summed E-state index contributed by atoms with van der Waals surface area (Å²) in [4.78, 5) is 13.8. The van der Waals surface area contributed by atoms with Gasteiger partial charge >= 0.3 is 0 Å². The number of piperazine rings is 1. The zero-order valence-electron chi connectivity index (χ0n) is 12.6. The number of benzene rings is 1. The summed E-state index contributed by atoms with van der Waals surface area (Å²) < 4.78 is 5.73. The SMILES string of the molecule is c1ccc(Oc2cnc(N3CCN(C4CC4)CC3)nc2)cc1. The van der Waals surface area contributed by atoms with Gasteiger partial charge in [0.15, 0.2) is 5.75 Å². The van der Waals surface area contributed by atoms with Crippen LogP contribution in [0.15, 0.2) is 42.7 Å². The van der Waals surface area contributed by atoms with Gasteiger partial charge in [0, 0.05) is 32.2 Å². The number of aromatic nitrogens is 2. The van der Waals surface area contributed by atoms with Crippen molar-refractivity contribution in [3.8, 4) is 11.5 Å². The fourth-order valence-electron chi connectivity index (χ4n) is 2.88. The second-order valence-electron chi connectivity index (χ2n) is 5.89. The molecule has 1 aliphatic heterocycles. The average molecular weight is 296 g/mol. The Morgan fingerprint density at radius 1 is 0.864 bits per heavy atom.